The van der Waals surface area contributed by atoms with Gasteiger partial charge in [0.25, 0.3) is 0 Å². The first-order valence-electron chi connectivity index (χ1n) is 4.83. The van der Waals surface area contributed by atoms with Gasteiger partial charge in [-0.1, -0.05) is 12.8 Å². The molecule has 80 valence electrons. The minimum absolute atomic E-state index is 0.394. The molecule has 0 aromatic rings. The summed E-state index contributed by atoms with van der Waals surface area (Å²) in [7, 11) is 1.30. The average Bonchev–Trinajstić information content (AvgIpc) is 2.17. The van der Waals surface area contributed by atoms with Crippen LogP contribution < -0.4 is 0 Å². The molecule has 0 aromatic carbocycles. The summed E-state index contributed by atoms with van der Waals surface area (Å²) in [5, 5.41) is 9.10. The van der Waals surface area contributed by atoms with Gasteiger partial charge in [0, 0.05) is 0 Å². The van der Waals surface area contributed by atoms with Gasteiger partial charge < -0.3 is 9.84 Å². The van der Waals surface area contributed by atoms with Gasteiger partial charge in [0.2, 0.25) is 0 Å². The van der Waals surface area contributed by atoms with Crippen LogP contribution in [0.2, 0.25) is 0 Å². The monoisotopic (exact) mass is 200 g/mol. The Morgan fingerprint density at radius 2 is 2.07 bits per heavy atom. The van der Waals surface area contributed by atoms with E-state index < -0.39 is 23.3 Å². The summed E-state index contributed by atoms with van der Waals surface area (Å²) in [6.07, 6.45) is 2.95. The molecule has 0 aromatic heterocycles. The lowest BCUT2D eigenvalue weighted by atomic mass is 9.67. The summed E-state index contributed by atoms with van der Waals surface area (Å²) in [5.74, 6) is -1.78. The van der Waals surface area contributed by atoms with Crippen molar-refractivity contribution in [3.8, 4) is 0 Å². The molecule has 1 rings (SSSR count). The topological polar surface area (TPSA) is 63.6 Å². The number of ether oxygens (including phenoxy) is 1. The van der Waals surface area contributed by atoms with Gasteiger partial charge in [-0.2, -0.15) is 0 Å². The van der Waals surface area contributed by atoms with Crippen molar-refractivity contribution in [3.05, 3.63) is 0 Å². The molecule has 14 heavy (non-hydrogen) atoms. The molecule has 1 aliphatic rings. The third kappa shape index (κ3) is 1.74. The second kappa shape index (κ2) is 3.98. The van der Waals surface area contributed by atoms with Crippen LogP contribution in [0.4, 0.5) is 0 Å². The zero-order valence-corrected chi connectivity index (χ0v) is 8.58. The lowest BCUT2D eigenvalue weighted by Gasteiger charge is -2.35. The number of aliphatic carboxylic acids is 1. The third-order valence-corrected chi connectivity index (χ3v) is 3.18. The number of hydrogen-bond donors (Lipinski definition) is 1. The van der Waals surface area contributed by atoms with Gasteiger partial charge in [-0.15, -0.1) is 0 Å². The fourth-order valence-electron chi connectivity index (χ4n) is 2.11. The Hall–Kier alpha value is -1.06. The van der Waals surface area contributed by atoms with Crippen LogP contribution in [-0.4, -0.2) is 24.2 Å². The van der Waals surface area contributed by atoms with E-state index in [0.29, 0.717) is 12.8 Å². The molecule has 1 N–H and O–H groups in total. The highest BCUT2D eigenvalue weighted by molar-refractivity contribution is 5.84. The highest BCUT2D eigenvalue weighted by Crippen LogP contribution is 2.41. The van der Waals surface area contributed by atoms with Gasteiger partial charge >= 0.3 is 11.9 Å². The van der Waals surface area contributed by atoms with Crippen LogP contribution in [0.25, 0.3) is 0 Å². The highest BCUT2D eigenvalue weighted by atomic mass is 16.5. The van der Waals surface area contributed by atoms with E-state index in [1.54, 1.807) is 6.92 Å². The largest absolute Gasteiger partial charge is 0.481 e. The summed E-state index contributed by atoms with van der Waals surface area (Å²) in [4.78, 5) is 22.5. The summed E-state index contributed by atoms with van der Waals surface area (Å²) < 4.78 is 4.63. The molecular weight excluding hydrogens is 184 g/mol. The maximum atomic E-state index is 11.4. The third-order valence-electron chi connectivity index (χ3n) is 3.18. The summed E-state index contributed by atoms with van der Waals surface area (Å²) in [5.41, 5.74) is -0.939. The highest BCUT2D eigenvalue weighted by Gasteiger charge is 2.47. The molecule has 0 radical (unpaired) electrons. The van der Waals surface area contributed by atoms with Gasteiger partial charge in [-0.3, -0.25) is 9.59 Å². The van der Waals surface area contributed by atoms with Gasteiger partial charge in [-0.25, -0.2) is 0 Å². The van der Waals surface area contributed by atoms with Crippen molar-refractivity contribution in [2.24, 2.45) is 11.3 Å². The second-order valence-electron chi connectivity index (χ2n) is 4.04. The van der Waals surface area contributed by atoms with Crippen molar-refractivity contribution in [2.45, 2.75) is 32.6 Å². The molecule has 1 fully saturated rings. The smallest absolute Gasteiger partial charge is 0.310 e. The standard InChI is InChI=1S/C10H16O4/c1-10(9(12)13)6-4-3-5-7(10)8(11)14-2/h7H,3-6H2,1-2H3,(H,12,13)/t7-,10-/m0/s1. The predicted molar refractivity (Wildman–Crippen MR) is 49.7 cm³/mol. The first kappa shape index (κ1) is 11.0. The van der Waals surface area contributed by atoms with Gasteiger partial charge in [-0.05, 0) is 19.8 Å². The molecule has 0 amide bonds. The minimum atomic E-state index is -0.939. The SMILES string of the molecule is COC(=O)[C@@H]1CCCC[C@]1(C)C(=O)O. The zero-order chi connectivity index (χ0) is 10.8. The van der Waals surface area contributed by atoms with E-state index in [0.717, 1.165) is 12.8 Å². The lowest BCUT2D eigenvalue weighted by Crippen LogP contribution is -2.42. The van der Waals surface area contributed by atoms with E-state index in [1.165, 1.54) is 7.11 Å². The molecule has 1 saturated carbocycles. The maximum Gasteiger partial charge on any atom is 0.310 e. The van der Waals surface area contributed by atoms with Crippen LogP contribution in [0, 0.1) is 11.3 Å². The fourth-order valence-corrected chi connectivity index (χ4v) is 2.11. The van der Waals surface area contributed by atoms with Crippen molar-refractivity contribution in [3.63, 3.8) is 0 Å². The Kier molecular flexibility index (Phi) is 3.13. The van der Waals surface area contributed by atoms with Gasteiger partial charge in [0.15, 0.2) is 0 Å². The van der Waals surface area contributed by atoms with Crippen molar-refractivity contribution in [2.75, 3.05) is 7.11 Å². The van der Waals surface area contributed by atoms with Crippen molar-refractivity contribution in [1.29, 1.82) is 0 Å². The number of methoxy groups -OCH3 is 1. The number of carboxylic acid groups (broad SMARTS) is 1. The Labute approximate surface area is 83.2 Å². The number of esters is 1. The van der Waals surface area contributed by atoms with Gasteiger partial charge in [0.05, 0.1) is 18.4 Å². The molecule has 0 aliphatic heterocycles. The van der Waals surface area contributed by atoms with Crippen molar-refractivity contribution < 1.29 is 19.4 Å². The number of hydrogen-bond acceptors (Lipinski definition) is 3. The van der Waals surface area contributed by atoms with E-state index >= 15 is 0 Å². The zero-order valence-electron chi connectivity index (χ0n) is 8.58. The Balaban J connectivity index is 2.88. The van der Waals surface area contributed by atoms with Crippen LogP contribution in [0.3, 0.4) is 0 Å². The first-order chi connectivity index (χ1) is 6.52. The molecule has 0 saturated heterocycles. The minimum Gasteiger partial charge on any atom is -0.481 e. The molecule has 0 heterocycles. The molecule has 0 spiro atoms. The predicted octanol–water partition coefficient (Wildman–Crippen LogP) is 1.44. The van der Waals surface area contributed by atoms with E-state index in [-0.39, 0.29) is 0 Å². The Morgan fingerprint density at radius 1 is 1.43 bits per heavy atom. The number of carbonyl (C=O) groups is 2. The molecule has 0 bridgehead atoms. The van der Waals surface area contributed by atoms with E-state index in [4.69, 9.17) is 5.11 Å². The quantitative estimate of drug-likeness (QED) is 0.685. The fraction of sp³-hybridized carbons (Fsp3) is 0.800. The second-order valence-corrected chi connectivity index (χ2v) is 4.04. The molecule has 0 unspecified atom stereocenters. The van der Waals surface area contributed by atoms with Crippen LogP contribution >= 0.6 is 0 Å². The summed E-state index contributed by atoms with van der Waals surface area (Å²) in [6.45, 7) is 1.64. The normalized spacial score (nSPS) is 32.3. The van der Waals surface area contributed by atoms with Crippen LogP contribution in [0.15, 0.2) is 0 Å². The van der Waals surface area contributed by atoms with Crippen molar-refractivity contribution in [1.82, 2.24) is 0 Å². The number of carbonyl (C=O) groups excluding carboxylic acids is 1. The molecule has 4 nitrogen and oxygen atoms in total. The van der Waals surface area contributed by atoms with Crippen LogP contribution in [-0.2, 0) is 14.3 Å². The van der Waals surface area contributed by atoms with Crippen LogP contribution in [0.5, 0.6) is 0 Å². The molecule has 1 aliphatic carbocycles. The average molecular weight is 200 g/mol. The lowest BCUT2D eigenvalue weighted by molar-refractivity contribution is -0.166. The summed E-state index contributed by atoms with van der Waals surface area (Å²) >= 11 is 0. The Bertz CT molecular complexity index is 249. The van der Waals surface area contributed by atoms with Gasteiger partial charge in [0.1, 0.15) is 0 Å². The van der Waals surface area contributed by atoms with E-state index in [1.807, 2.05) is 0 Å². The summed E-state index contributed by atoms with van der Waals surface area (Å²) in [6, 6.07) is 0. The van der Waals surface area contributed by atoms with Crippen molar-refractivity contribution >= 4 is 11.9 Å². The number of carboxylic acids is 1. The first-order valence-corrected chi connectivity index (χ1v) is 4.83. The van der Waals surface area contributed by atoms with Crippen LogP contribution in [0.1, 0.15) is 32.6 Å². The van der Waals surface area contributed by atoms with E-state index in [2.05, 4.69) is 4.74 Å². The molecule has 2 atom stereocenters. The molecule has 4 heteroatoms. The molecular formula is C10H16O4. The Morgan fingerprint density at radius 3 is 2.57 bits per heavy atom. The van der Waals surface area contributed by atoms with E-state index in [9.17, 15) is 9.59 Å². The maximum absolute atomic E-state index is 11.4. The number of rotatable bonds is 2.